The highest BCUT2D eigenvalue weighted by Crippen LogP contribution is 2.36. The molecule has 0 spiro atoms. The fourth-order valence-corrected chi connectivity index (χ4v) is 2.38. The summed E-state index contributed by atoms with van der Waals surface area (Å²) in [6.07, 6.45) is -12.2. The van der Waals surface area contributed by atoms with E-state index in [2.05, 4.69) is 0 Å². The van der Waals surface area contributed by atoms with Gasteiger partial charge in [0, 0.05) is 10.9 Å². The average Bonchev–Trinajstić information content (AvgIpc) is 2.56. The summed E-state index contributed by atoms with van der Waals surface area (Å²) >= 11 is 0. The van der Waals surface area contributed by atoms with Crippen molar-refractivity contribution in [1.29, 1.82) is 0 Å². The van der Waals surface area contributed by atoms with Crippen LogP contribution in [0.3, 0.4) is 0 Å². The third-order valence-corrected chi connectivity index (χ3v) is 3.67. The van der Waals surface area contributed by atoms with Crippen molar-refractivity contribution in [2.24, 2.45) is 0 Å². The van der Waals surface area contributed by atoms with Crippen LogP contribution >= 0.6 is 0 Å². The molecule has 0 aliphatic heterocycles. The summed E-state index contributed by atoms with van der Waals surface area (Å²) in [7, 11) is 0. The Morgan fingerprint density at radius 2 is 0.600 bits per heavy atom. The quantitative estimate of drug-likeness (QED) is 0.337. The molecule has 0 nitrogen and oxygen atoms in total. The van der Waals surface area contributed by atoms with Gasteiger partial charge in [-0.15, -0.1) is 0 Å². The highest BCUT2D eigenvalue weighted by Gasteiger charge is 2.48. The lowest BCUT2D eigenvalue weighted by Gasteiger charge is -2.17. The van der Waals surface area contributed by atoms with E-state index in [0.717, 1.165) is 0 Å². The van der Waals surface area contributed by atoms with E-state index < -0.39 is 87.9 Å². The predicted octanol–water partition coefficient (Wildman–Crippen LogP) is 4.91. The van der Waals surface area contributed by atoms with Crippen molar-refractivity contribution >= 4 is 17.9 Å². The van der Waals surface area contributed by atoms with Crippen LogP contribution in [0.1, 0.15) is 11.1 Å². The van der Waals surface area contributed by atoms with E-state index in [0.29, 0.717) is 0 Å². The van der Waals surface area contributed by atoms with Crippen LogP contribution in [0.2, 0.25) is 0 Å². The molecule has 0 N–H and O–H groups in total. The molecule has 0 amide bonds. The van der Waals surface area contributed by atoms with Gasteiger partial charge < -0.3 is 4.32 Å². The van der Waals surface area contributed by atoms with E-state index in [1.807, 2.05) is 0 Å². The topological polar surface area (TPSA) is 0 Å². The molecule has 0 aliphatic rings. The average molecular weight is 464 g/mol. The molecule has 2 aromatic rings. The molecule has 0 radical (unpaired) electrons. The van der Waals surface area contributed by atoms with Crippen LogP contribution in [0.25, 0.3) is 0 Å². The zero-order valence-corrected chi connectivity index (χ0v) is 13.2. The Morgan fingerprint density at radius 3 is 0.767 bits per heavy atom. The van der Waals surface area contributed by atoms with Crippen molar-refractivity contribution < 1.29 is 65.8 Å². The van der Waals surface area contributed by atoms with Gasteiger partial charge >= 0.3 is 19.3 Å². The van der Waals surface area contributed by atoms with Gasteiger partial charge in [0.1, 0.15) is 11.1 Å². The Hall–Kier alpha value is -2.55. The van der Waals surface area contributed by atoms with Gasteiger partial charge in [0.2, 0.25) is 0 Å². The van der Waals surface area contributed by atoms with Gasteiger partial charge in [-0.1, -0.05) is 0 Å². The lowest BCUT2D eigenvalue weighted by molar-refractivity contribution is -0.144. The zero-order valence-electron chi connectivity index (χ0n) is 13.2. The number of benzene rings is 2. The molecule has 164 valence electrons. The standard InChI is InChI=1S/C14BF15/c16-5-1(13(24,25)26)6(17)10(21)3(9(5)20)15(30)4-11(22)7(18)2(14(27,28)29)8(19)12(4)23. The minimum atomic E-state index is -6.08. The first kappa shape index (κ1) is 23.7. The van der Waals surface area contributed by atoms with E-state index in [4.69, 9.17) is 0 Å². The van der Waals surface area contributed by atoms with Crippen LogP contribution in [-0.4, -0.2) is 6.99 Å². The second-order valence-corrected chi connectivity index (χ2v) is 5.45. The van der Waals surface area contributed by atoms with Crippen molar-refractivity contribution in [3.63, 3.8) is 0 Å². The summed E-state index contributed by atoms with van der Waals surface area (Å²) in [4.78, 5) is 0. The Bertz CT molecular complexity index is 880. The van der Waals surface area contributed by atoms with Crippen LogP contribution in [0, 0.1) is 46.5 Å². The summed E-state index contributed by atoms with van der Waals surface area (Å²) in [5.74, 6) is -25.9. The normalized spacial score (nSPS) is 12.5. The minimum Gasteiger partial charge on any atom is -0.322 e. The third-order valence-electron chi connectivity index (χ3n) is 3.67. The van der Waals surface area contributed by atoms with E-state index in [9.17, 15) is 65.8 Å². The molecule has 2 aromatic carbocycles. The lowest BCUT2D eigenvalue weighted by Crippen LogP contribution is -2.48. The van der Waals surface area contributed by atoms with Gasteiger partial charge in [0.25, 0.3) is 0 Å². The zero-order chi connectivity index (χ0) is 23.5. The Morgan fingerprint density at radius 1 is 0.400 bits per heavy atom. The van der Waals surface area contributed by atoms with Crippen LogP contribution in [0.5, 0.6) is 0 Å². The van der Waals surface area contributed by atoms with Gasteiger partial charge in [-0.05, 0) is 0 Å². The first-order chi connectivity index (χ1) is 13.4. The number of hydrogen-bond donors (Lipinski definition) is 0. The SMILES string of the molecule is FB(c1c(F)c(F)c(C(F)(F)F)c(F)c1F)c1c(F)c(F)c(C(F)(F)F)c(F)c1F. The van der Waals surface area contributed by atoms with E-state index in [1.54, 1.807) is 0 Å². The Labute approximate surface area is 155 Å². The van der Waals surface area contributed by atoms with Crippen molar-refractivity contribution in [3.8, 4) is 0 Å². The van der Waals surface area contributed by atoms with Crippen LogP contribution in [0.4, 0.5) is 65.8 Å². The van der Waals surface area contributed by atoms with Gasteiger partial charge in [-0.3, -0.25) is 0 Å². The highest BCUT2D eigenvalue weighted by atomic mass is 19.4. The van der Waals surface area contributed by atoms with Gasteiger partial charge in [-0.2, -0.15) is 26.3 Å². The first-order valence-electron chi connectivity index (χ1n) is 6.94. The summed E-state index contributed by atoms with van der Waals surface area (Å²) < 4.78 is 198. The largest absolute Gasteiger partial charge is 0.425 e. The van der Waals surface area contributed by atoms with Gasteiger partial charge in [-0.25, -0.2) is 35.1 Å². The second kappa shape index (κ2) is 7.30. The maximum Gasteiger partial charge on any atom is 0.425 e. The number of hydrogen-bond acceptors (Lipinski definition) is 0. The molecule has 0 unspecified atom stereocenters. The predicted molar refractivity (Wildman–Crippen MR) is 68.7 cm³/mol. The van der Waals surface area contributed by atoms with E-state index in [-0.39, 0.29) is 0 Å². The van der Waals surface area contributed by atoms with E-state index in [1.165, 1.54) is 0 Å². The first-order valence-corrected chi connectivity index (χ1v) is 6.94. The number of rotatable bonds is 2. The second-order valence-electron chi connectivity index (χ2n) is 5.45. The summed E-state index contributed by atoms with van der Waals surface area (Å²) in [6.45, 7) is -4.30. The molecule has 16 heteroatoms. The Kier molecular flexibility index (Phi) is 5.78. The van der Waals surface area contributed by atoms with Gasteiger partial charge in [0.15, 0.2) is 46.5 Å². The molecule has 0 saturated heterocycles. The van der Waals surface area contributed by atoms with E-state index >= 15 is 0 Å². The van der Waals surface area contributed by atoms with Gasteiger partial charge in [0.05, 0.1) is 0 Å². The van der Waals surface area contributed by atoms with Crippen LogP contribution < -0.4 is 10.9 Å². The van der Waals surface area contributed by atoms with Crippen LogP contribution in [0.15, 0.2) is 0 Å². The molecule has 0 heterocycles. The maximum absolute atomic E-state index is 14.3. The molecule has 0 bridgehead atoms. The van der Waals surface area contributed by atoms with Crippen molar-refractivity contribution in [2.45, 2.75) is 12.4 Å². The highest BCUT2D eigenvalue weighted by molar-refractivity contribution is 6.79. The fourth-order valence-electron chi connectivity index (χ4n) is 2.38. The fraction of sp³-hybridized carbons (Fsp3) is 0.143. The molecule has 0 fully saturated rings. The molecular formula is C14BF15. The number of halogens is 15. The summed E-state index contributed by atoms with van der Waals surface area (Å²) in [6, 6.07) is 0. The smallest absolute Gasteiger partial charge is 0.322 e. The minimum absolute atomic E-state index is 2.81. The molecule has 0 aliphatic carbocycles. The molecule has 0 saturated carbocycles. The lowest BCUT2D eigenvalue weighted by atomic mass is 9.57. The molecule has 30 heavy (non-hydrogen) atoms. The molecule has 2 rings (SSSR count). The monoisotopic (exact) mass is 464 g/mol. The van der Waals surface area contributed by atoms with Crippen molar-refractivity contribution in [3.05, 3.63) is 57.7 Å². The van der Waals surface area contributed by atoms with Crippen molar-refractivity contribution in [1.82, 2.24) is 0 Å². The number of alkyl halides is 6. The maximum atomic E-state index is 14.3. The molecular weight excluding hydrogens is 464 g/mol. The molecule has 0 atom stereocenters. The molecule has 0 aromatic heterocycles. The van der Waals surface area contributed by atoms with Crippen molar-refractivity contribution in [2.75, 3.05) is 0 Å². The Balaban J connectivity index is 2.88. The summed E-state index contributed by atoms with van der Waals surface area (Å²) in [5, 5.41) is 0. The summed E-state index contributed by atoms with van der Waals surface area (Å²) in [5.41, 5.74) is -12.0. The third kappa shape index (κ3) is 3.55. The van der Waals surface area contributed by atoms with Crippen LogP contribution in [-0.2, 0) is 12.4 Å².